The largest absolute Gasteiger partial charge is 0.479 e. The summed E-state index contributed by atoms with van der Waals surface area (Å²) in [5, 5.41) is 9.65. The first kappa shape index (κ1) is 13.1. The van der Waals surface area contributed by atoms with E-state index in [4.69, 9.17) is 33.0 Å². The topological polar surface area (TPSA) is 46.5 Å². The van der Waals surface area contributed by atoms with Crippen molar-refractivity contribution in [2.24, 2.45) is 0 Å². The molecule has 1 rings (SSSR count). The highest BCUT2D eigenvalue weighted by Crippen LogP contribution is 2.35. The number of rotatable bonds is 3. The second-order valence-corrected chi connectivity index (χ2v) is 4.30. The third-order valence-corrected chi connectivity index (χ3v) is 3.27. The van der Waals surface area contributed by atoms with E-state index < -0.39 is 12.1 Å². The van der Waals surface area contributed by atoms with Gasteiger partial charge in [0.1, 0.15) is 5.75 Å². The van der Waals surface area contributed by atoms with Gasteiger partial charge in [0.25, 0.3) is 0 Å². The van der Waals surface area contributed by atoms with Crippen molar-refractivity contribution in [1.29, 1.82) is 0 Å². The molecule has 0 aliphatic heterocycles. The molecule has 3 nitrogen and oxygen atoms in total. The average Bonchev–Trinajstić information content (AvgIpc) is 2.22. The van der Waals surface area contributed by atoms with Crippen LogP contribution >= 0.6 is 23.2 Å². The van der Waals surface area contributed by atoms with Crippen molar-refractivity contribution in [3.05, 3.63) is 27.2 Å². The van der Waals surface area contributed by atoms with Crippen molar-refractivity contribution in [1.82, 2.24) is 0 Å². The Morgan fingerprint density at radius 3 is 2.44 bits per heavy atom. The molecular formula is C11H12Cl2O3. The minimum Gasteiger partial charge on any atom is -0.479 e. The highest BCUT2D eigenvalue weighted by atomic mass is 35.5. The van der Waals surface area contributed by atoms with E-state index in [1.165, 1.54) is 6.92 Å². The van der Waals surface area contributed by atoms with Gasteiger partial charge in [-0.3, -0.25) is 0 Å². The van der Waals surface area contributed by atoms with Crippen LogP contribution in [0.3, 0.4) is 0 Å². The number of hydrogen-bond acceptors (Lipinski definition) is 2. The van der Waals surface area contributed by atoms with Crippen molar-refractivity contribution in [3.63, 3.8) is 0 Å². The lowest BCUT2D eigenvalue weighted by molar-refractivity contribution is -0.144. The zero-order valence-electron chi connectivity index (χ0n) is 9.17. The molecular weight excluding hydrogens is 251 g/mol. The smallest absolute Gasteiger partial charge is 0.344 e. The highest BCUT2D eigenvalue weighted by molar-refractivity contribution is 6.37. The number of ether oxygens (including phenoxy) is 1. The van der Waals surface area contributed by atoms with E-state index in [9.17, 15) is 4.79 Å². The first-order valence-corrected chi connectivity index (χ1v) is 5.44. The number of hydrogen-bond donors (Lipinski definition) is 1. The summed E-state index contributed by atoms with van der Waals surface area (Å²) in [5.41, 5.74) is 1.49. The fourth-order valence-electron chi connectivity index (χ4n) is 1.23. The van der Waals surface area contributed by atoms with Crippen LogP contribution < -0.4 is 4.74 Å². The number of aryl methyl sites for hydroxylation is 1. The summed E-state index contributed by atoms with van der Waals surface area (Å²) in [6.07, 6.45) is -0.947. The Morgan fingerprint density at radius 2 is 1.94 bits per heavy atom. The normalized spacial score (nSPS) is 12.3. The molecule has 1 unspecified atom stereocenters. The van der Waals surface area contributed by atoms with Crippen molar-refractivity contribution >= 4 is 29.2 Å². The summed E-state index contributed by atoms with van der Waals surface area (Å²) in [7, 11) is 0. The van der Waals surface area contributed by atoms with Gasteiger partial charge in [-0.1, -0.05) is 23.2 Å². The van der Waals surface area contributed by atoms with Gasteiger partial charge < -0.3 is 9.84 Å². The van der Waals surface area contributed by atoms with Crippen LogP contribution in [-0.4, -0.2) is 17.2 Å². The van der Waals surface area contributed by atoms with Gasteiger partial charge in [0.15, 0.2) is 6.10 Å². The van der Waals surface area contributed by atoms with E-state index in [2.05, 4.69) is 0 Å². The first-order chi connectivity index (χ1) is 7.34. The Kier molecular flexibility index (Phi) is 4.05. The second-order valence-electron chi connectivity index (χ2n) is 3.54. The van der Waals surface area contributed by atoms with E-state index in [1.807, 2.05) is 6.92 Å². The van der Waals surface area contributed by atoms with Crippen molar-refractivity contribution in [2.45, 2.75) is 26.9 Å². The number of aliphatic carboxylic acids is 1. The van der Waals surface area contributed by atoms with Crippen LogP contribution in [0.5, 0.6) is 5.75 Å². The summed E-state index contributed by atoms with van der Waals surface area (Å²) in [6.45, 7) is 5.01. The van der Waals surface area contributed by atoms with Crippen LogP contribution in [0.2, 0.25) is 10.0 Å². The number of carboxylic acids is 1. The van der Waals surface area contributed by atoms with Crippen LogP contribution in [0, 0.1) is 13.8 Å². The SMILES string of the molecule is Cc1cc(OC(C)C(=O)O)c(Cl)c(C)c1Cl. The highest BCUT2D eigenvalue weighted by Gasteiger charge is 2.17. The Balaban J connectivity index is 3.11. The van der Waals surface area contributed by atoms with Gasteiger partial charge in [-0.15, -0.1) is 0 Å². The van der Waals surface area contributed by atoms with Crippen molar-refractivity contribution in [2.75, 3.05) is 0 Å². The van der Waals surface area contributed by atoms with Crippen molar-refractivity contribution < 1.29 is 14.6 Å². The lowest BCUT2D eigenvalue weighted by Crippen LogP contribution is -2.23. The molecule has 0 aromatic heterocycles. The predicted octanol–water partition coefficient (Wildman–Crippen LogP) is 3.46. The number of halogens is 2. The maximum absolute atomic E-state index is 10.7. The molecule has 0 fully saturated rings. The van der Waals surface area contributed by atoms with E-state index in [1.54, 1.807) is 13.0 Å². The average molecular weight is 263 g/mol. The minimum atomic E-state index is -1.04. The Morgan fingerprint density at radius 1 is 1.38 bits per heavy atom. The molecule has 1 aromatic rings. The third kappa shape index (κ3) is 2.60. The lowest BCUT2D eigenvalue weighted by atomic mass is 10.1. The first-order valence-electron chi connectivity index (χ1n) is 4.69. The lowest BCUT2D eigenvalue weighted by Gasteiger charge is -2.15. The van der Waals surface area contributed by atoms with Crippen LogP contribution in [0.1, 0.15) is 18.1 Å². The number of carboxylic acid groups (broad SMARTS) is 1. The summed E-state index contributed by atoms with van der Waals surface area (Å²) in [4.78, 5) is 10.7. The molecule has 1 N–H and O–H groups in total. The van der Waals surface area contributed by atoms with E-state index in [0.717, 1.165) is 5.56 Å². The molecule has 1 aromatic carbocycles. The van der Waals surface area contributed by atoms with Crippen LogP contribution in [0.15, 0.2) is 6.07 Å². The molecule has 0 aliphatic carbocycles. The minimum absolute atomic E-state index is 0.343. The van der Waals surface area contributed by atoms with E-state index in [-0.39, 0.29) is 0 Å². The quantitative estimate of drug-likeness (QED) is 0.908. The van der Waals surface area contributed by atoms with Gasteiger partial charge in [0.05, 0.1) is 5.02 Å². The molecule has 88 valence electrons. The predicted molar refractivity (Wildman–Crippen MR) is 63.7 cm³/mol. The monoisotopic (exact) mass is 262 g/mol. The van der Waals surface area contributed by atoms with Gasteiger partial charge >= 0.3 is 5.97 Å². The molecule has 0 saturated carbocycles. The Hall–Kier alpha value is -0.930. The van der Waals surface area contributed by atoms with Gasteiger partial charge in [-0.2, -0.15) is 0 Å². The Bertz CT molecular complexity index is 430. The van der Waals surface area contributed by atoms with Gasteiger partial charge in [0, 0.05) is 5.02 Å². The number of benzene rings is 1. The maximum Gasteiger partial charge on any atom is 0.344 e. The molecule has 5 heteroatoms. The molecule has 1 atom stereocenters. The molecule has 0 radical (unpaired) electrons. The molecule has 0 aliphatic rings. The fourth-order valence-corrected chi connectivity index (χ4v) is 1.62. The standard InChI is InChI=1S/C11H12Cl2O3/c1-5-4-8(16-7(3)11(14)15)10(13)6(2)9(5)12/h4,7H,1-3H3,(H,14,15). The molecule has 0 saturated heterocycles. The zero-order valence-corrected chi connectivity index (χ0v) is 10.7. The van der Waals surface area contributed by atoms with E-state index in [0.29, 0.717) is 21.4 Å². The molecule has 0 heterocycles. The van der Waals surface area contributed by atoms with Gasteiger partial charge in [-0.25, -0.2) is 4.79 Å². The maximum atomic E-state index is 10.7. The van der Waals surface area contributed by atoms with E-state index >= 15 is 0 Å². The molecule has 0 amide bonds. The zero-order chi connectivity index (χ0) is 12.5. The second kappa shape index (κ2) is 4.93. The molecule has 0 spiro atoms. The summed E-state index contributed by atoms with van der Waals surface area (Å²) in [5.74, 6) is -0.697. The summed E-state index contributed by atoms with van der Waals surface area (Å²) in [6, 6.07) is 1.64. The molecule has 0 bridgehead atoms. The number of carbonyl (C=O) groups is 1. The van der Waals surface area contributed by atoms with Crippen LogP contribution in [0.4, 0.5) is 0 Å². The summed E-state index contributed by atoms with van der Waals surface area (Å²) >= 11 is 12.0. The van der Waals surface area contributed by atoms with Crippen LogP contribution in [0.25, 0.3) is 0 Å². The third-order valence-electron chi connectivity index (χ3n) is 2.22. The Labute approximate surface area is 104 Å². The summed E-state index contributed by atoms with van der Waals surface area (Å²) < 4.78 is 5.23. The van der Waals surface area contributed by atoms with Gasteiger partial charge in [-0.05, 0) is 38.0 Å². The van der Waals surface area contributed by atoms with Crippen molar-refractivity contribution in [3.8, 4) is 5.75 Å². The fraction of sp³-hybridized carbons (Fsp3) is 0.364. The van der Waals surface area contributed by atoms with Crippen LogP contribution in [-0.2, 0) is 4.79 Å². The molecule has 16 heavy (non-hydrogen) atoms. The van der Waals surface area contributed by atoms with Gasteiger partial charge in [0.2, 0.25) is 0 Å².